The quantitative estimate of drug-likeness (QED) is 0.326. The van der Waals surface area contributed by atoms with Crippen LogP contribution in [0.5, 0.6) is 0 Å². The SMILES string of the molecule is CC[C@H](C)NC(=O)[C@H](CC)N(Cc1ccc(Cl)cc1Cl)C(=O)CN(C)S(=O)(=O)c1ccc2ccccc2c1. The fourth-order valence-corrected chi connectivity index (χ4v) is 5.69. The molecule has 0 saturated carbocycles. The van der Waals surface area contributed by atoms with Crippen molar-refractivity contribution >= 4 is 55.8 Å². The van der Waals surface area contributed by atoms with Gasteiger partial charge in [0.2, 0.25) is 21.8 Å². The Morgan fingerprint density at radius 1 is 0.947 bits per heavy atom. The van der Waals surface area contributed by atoms with Gasteiger partial charge in [0.25, 0.3) is 0 Å². The summed E-state index contributed by atoms with van der Waals surface area (Å²) < 4.78 is 27.8. The van der Waals surface area contributed by atoms with Crippen molar-refractivity contribution in [2.24, 2.45) is 0 Å². The number of nitrogens with one attached hydrogen (secondary N) is 1. The number of benzene rings is 3. The number of rotatable bonds is 11. The predicted octanol–water partition coefficient (Wildman–Crippen LogP) is 5.49. The number of fused-ring (bicyclic) bond motifs is 1. The monoisotopic (exact) mass is 577 g/mol. The Morgan fingerprint density at radius 3 is 2.26 bits per heavy atom. The van der Waals surface area contributed by atoms with E-state index in [1.54, 1.807) is 37.3 Å². The minimum absolute atomic E-state index is 0.0190. The molecular weight excluding hydrogens is 545 g/mol. The van der Waals surface area contributed by atoms with Crippen LogP contribution in [0.15, 0.2) is 65.6 Å². The van der Waals surface area contributed by atoms with Gasteiger partial charge in [-0.1, -0.05) is 73.4 Å². The first-order valence-corrected chi connectivity index (χ1v) is 14.7. The molecule has 0 fully saturated rings. The molecule has 0 radical (unpaired) electrons. The molecule has 0 aliphatic carbocycles. The van der Waals surface area contributed by atoms with E-state index in [0.29, 0.717) is 22.0 Å². The van der Waals surface area contributed by atoms with Crippen molar-refractivity contribution in [3.63, 3.8) is 0 Å². The summed E-state index contributed by atoms with van der Waals surface area (Å²) in [5.41, 5.74) is 0.597. The van der Waals surface area contributed by atoms with Crippen molar-refractivity contribution in [2.45, 2.75) is 57.1 Å². The second kappa shape index (κ2) is 12.9. The molecule has 1 N–H and O–H groups in total. The highest BCUT2D eigenvalue weighted by molar-refractivity contribution is 7.89. The molecule has 0 saturated heterocycles. The average Bonchev–Trinajstić information content (AvgIpc) is 2.89. The minimum Gasteiger partial charge on any atom is -0.352 e. The van der Waals surface area contributed by atoms with Gasteiger partial charge in [-0.15, -0.1) is 0 Å². The zero-order valence-corrected chi connectivity index (χ0v) is 24.3. The molecule has 0 heterocycles. The topological polar surface area (TPSA) is 86.8 Å². The van der Waals surface area contributed by atoms with Crippen LogP contribution in [0.3, 0.4) is 0 Å². The number of halogens is 2. The van der Waals surface area contributed by atoms with Crippen molar-refractivity contribution in [2.75, 3.05) is 13.6 Å². The van der Waals surface area contributed by atoms with Crippen molar-refractivity contribution in [3.05, 3.63) is 76.3 Å². The standard InChI is InChI=1S/C28H33Cl2N3O4S/c1-5-19(3)31-28(35)26(6-2)33(17-22-11-13-23(29)16-25(22)30)27(34)18-32(4)38(36,37)24-14-12-20-9-7-8-10-21(20)15-24/h7-16,19,26H,5-6,17-18H2,1-4H3,(H,31,35)/t19-,26-/m0/s1. The van der Waals surface area contributed by atoms with Gasteiger partial charge in [-0.2, -0.15) is 4.31 Å². The predicted molar refractivity (Wildman–Crippen MR) is 153 cm³/mol. The Kier molecular flexibility index (Phi) is 10.2. The molecular formula is C28H33Cl2N3O4S. The number of hydrogen-bond donors (Lipinski definition) is 1. The lowest BCUT2D eigenvalue weighted by molar-refractivity contribution is -0.141. The van der Waals surface area contributed by atoms with Gasteiger partial charge in [0.1, 0.15) is 6.04 Å². The van der Waals surface area contributed by atoms with E-state index in [1.165, 1.54) is 18.0 Å². The number of likely N-dealkylation sites (N-methyl/N-ethyl adjacent to an activating group) is 1. The summed E-state index contributed by atoms with van der Waals surface area (Å²) in [5, 5.41) is 5.42. The van der Waals surface area contributed by atoms with Gasteiger partial charge in [0, 0.05) is 29.7 Å². The second-order valence-electron chi connectivity index (χ2n) is 9.27. The largest absolute Gasteiger partial charge is 0.352 e. The maximum absolute atomic E-state index is 13.7. The van der Waals surface area contributed by atoms with E-state index < -0.39 is 28.5 Å². The molecule has 3 aromatic rings. The van der Waals surface area contributed by atoms with E-state index in [0.717, 1.165) is 21.5 Å². The third-order valence-electron chi connectivity index (χ3n) is 6.53. The Hall–Kier alpha value is -2.65. The molecule has 0 aliphatic rings. The third-order valence-corrected chi connectivity index (χ3v) is 8.92. The normalized spacial score (nSPS) is 13.3. The summed E-state index contributed by atoms with van der Waals surface area (Å²) >= 11 is 12.4. The first-order chi connectivity index (χ1) is 18.0. The molecule has 38 heavy (non-hydrogen) atoms. The molecule has 0 bridgehead atoms. The van der Waals surface area contributed by atoms with Crippen LogP contribution in [0, 0.1) is 0 Å². The molecule has 0 unspecified atom stereocenters. The fourth-order valence-electron chi connectivity index (χ4n) is 4.07. The van der Waals surface area contributed by atoms with E-state index in [4.69, 9.17) is 23.2 Å². The molecule has 0 aliphatic heterocycles. The summed E-state index contributed by atoms with van der Waals surface area (Å²) in [6.45, 7) is 5.21. The number of sulfonamides is 1. The molecule has 3 rings (SSSR count). The van der Waals surface area contributed by atoms with E-state index in [2.05, 4.69) is 5.32 Å². The minimum atomic E-state index is -3.98. The molecule has 0 aromatic heterocycles. The summed E-state index contributed by atoms with van der Waals surface area (Å²) in [7, 11) is -2.62. The number of carbonyl (C=O) groups excluding carboxylic acids is 2. The lowest BCUT2D eigenvalue weighted by Gasteiger charge is -2.32. The Morgan fingerprint density at radius 2 is 1.63 bits per heavy atom. The smallest absolute Gasteiger partial charge is 0.243 e. The second-order valence-corrected chi connectivity index (χ2v) is 12.2. The van der Waals surface area contributed by atoms with Crippen molar-refractivity contribution < 1.29 is 18.0 Å². The van der Waals surface area contributed by atoms with Crippen LogP contribution in [0.1, 0.15) is 39.2 Å². The van der Waals surface area contributed by atoms with Gasteiger partial charge >= 0.3 is 0 Å². The van der Waals surface area contributed by atoms with Crippen LogP contribution < -0.4 is 5.32 Å². The molecule has 7 nitrogen and oxygen atoms in total. The van der Waals surface area contributed by atoms with E-state index >= 15 is 0 Å². The van der Waals surface area contributed by atoms with Crippen LogP contribution in [0.4, 0.5) is 0 Å². The van der Waals surface area contributed by atoms with Crippen LogP contribution in [-0.2, 0) is 26.2 Å². The molecule has 0 spiro atoms. The van der Waals surface area contributed by atoms with Gasteiger partial charge in [0.15, 0.2) is 0 Å². The summed E-state index contributed by atoms with van der Waals surface area (Å²) in [6, 6.07) is 16.3. The lowest BCUT2D eigenvalue weighted by atomic mass is 10.1. The fraction of sp³-hybridized carbons (Fsp3) is 0.357. The summed E-state index contributed by atoms with van der Waals surface area (Å²) in [4.78, 5) is 28.3. The first kappa shape index (κ1) is 29.9. The van der Waals surface area contributed by atoms with Gasteiger partial charge in [-0.05, 0) is 60.4 Å². The molecule has 2 atom stereocenters. The van der Waals surface area contributed by atoms with Crippen LogP contribution in [0.2, 0.25) is 10.0 Å². The number of carbonyl (C=O) groups is 2. The lowest BCUT2D eigenvalue weighted by Crippen LogP contribution is -2.53. The first-order valence-electron chi connectivity index (χ1n) is 12.5. The number of hydrogen-bond acceptors (Lipinski definition) is 4. The summed E-state index contributed by atoms with van der Waals surface area (Å²) in [6.07, 6.45) is 1.06. The average molecular weight is 579 g/mol. The van der Waals surface area contributed by atoms with Gasteiger partial charge in [0.05, 0.1) is 11.4 Å². The van der Waals surface area contributed by atoms with Crippen LogP contribution in [0.25, 0.3) is 10.8 Å². The third kappa shape index (κ3) is 7.05. The van der Waals surface area contributed by atoms with Crippen LogP contribution >= 0.6 is 23.2 Å². The molecule has 3 aromatic carbocycles. The zero-order valence-electron chi connectivity index (χ0n) is 21.9. The van der Waals surface area contributed by atoms with Gasteiger partial charge < -0.3 is 10.2 Å². The Balaban J connectivity index is 1.91. The van der Waals surface area contributed by atoms with E-state index in [1.807, 2.05) is 38.1 Å². The molecule has 204 valence electrons. The highest BCUT2D eigenvalue weighted by atomic mass is 35.5. The zero-order chi connectivity index (χ0) is 28.0. The van der Waals surface area contributed by atoms with E-state index in [9.17, 15) is 18.0 Å². The maximum atomic E-state index is 13.7. The Labute approximate surface area is 234 Å². The van der Waals surface area contributed by atoms with Crippen molar-refractivity contribution in [1.82, 2.24) is 14.5 Å². The number of amides is 2. The highest BCUT2D eigenvalue weighted by Gasteiger charge is 2.32. The molecule has 2 amide bonds. The number of nitrogens with zero attached hydrogens (tertiary/aromatic N) is 2. The molecule has 10 heteroatoms. The highest BCUT2D eigenvalue weighted by Crippen LogP contribution is 2.25. The van der Waals surface area contributed by atoms with Crippen molar-refractivity contribution in [1.29, 1.82) is 0 Å². The van der Waals surface area contributed by atoms with Gasteiger partial charge in [-0.25, -0.2) is 8.42 Å². The van der Waals surface area contributed by atoms with Crippen LogP contribution in [-0.4, -0.2) is 55.1 Å². The maximum Gasteiger partial charge on any atom is 0.243 e. The van der Waals surface area contributed by atoms with Gasteiger partial charge in [-0.3, -0.25) is 9.59 Å². The summed E-state index contributed by atoms with van der Waals surface area (Å²) in [5.74, 6) is -0.825. The van der Waals surface area contributed by atoms with Crippen molar-refractivity contribution in [3.8, 4) is 0 Å². The van der Waals surface area contributed by atoms with E-state index in [-0.39, 0.29) is 23.4 Å². The Bertz CT molecular complexity index is 1410.